The highest BCUT2D eigenvalue weighted by atomic mass is 32.1. The van der Waals surface area contributed by atoms with E-state index in [-0.39, 0.29) is 0 Å². The predicted octanol–water partition coefficient (Wildman–Crippen LogP) is 15.6. The van der Waals surface area contributed by atoms with Crippen molar-refractivity contribution >= 4 is 81.3 Å². The van der Waals surface area contributed by atoms with E-state index in [1.165, 1.54) is 64.3 Å². The zero-order chi connectivity index (χ0) is 36.3. The Balaban J connectivity index is 1.18. The maximum Gasteiger partial charge on any atom is 0.137 e. The van der Waals surface area contributed by atoms with Gasteiger partial charge in [0.25, 0.3) is 0 Å². The molecule has 0 aliphatic heterocycles. The zero-order valence-corrected chi connectivity index (χ0v) is 30.6. The van der Waals surface area contributed by atoms with E-state index in [1.807, 2.05) is 23.5 Å². The van der Waals surface area contributed by atoms with Crippen molar-refractivity contribution in [1.82, 2.24) is 0 Å². The highest BCUT2D eigenvalue weighted by Gasteiger charge is 2.22. The monoisotopic (exact) mass is 719 g/mol. The molecule has 0 saturated heterocycles. The van der Waals surface area contributed by atoms with E-state index < -0.39 is 0 Å². The normalized spacial score (nSPS) is 11.6. The zero-order valence-electron chi connectivity index (χ0n) is 29.8. The minimum atomic E-state index is 0.866. The van der Waals surface area contributed by atoms with E-state index in [1.54, 1.807) is 0 Å². The fourth-order valence-corrected chi connectivity index (χ4v) is 9.58. The van der Waals surface area contributed by atoms with Gasteiger partial charge in [-0.2, -0.15) is 0 Å². The topological polar surface area (TPSA) is 16.4 Å². The number of hydrogen-bond donors (Lipinski definition) is 0. The first kappa shape index (κ1) is 31.6. The summed E-state index contributed by atoms with van der Waals surface area (Å²) in [4.78, 5) is 2.40. The summed E-state index contributed by atoms with van der Waals surface area (Å²) in [6, 6.07) is 72.2. The quantitative estimate of drug-likeness (QED) is 0.170. The van der Waals surface area contributed by atoms with E-state index in [0.29, 0.717) is 0 Å². The van der Waals surface area contributed by atoms with Crippen LogP contribution in [0.4, 0.5) is 17.1 Å². The van der Waals surface area contributed by atoms with Crippen LogP contribution in [0.15, 0.2) is 205 Å². The molecule has 0 aliphatic carbocycles. The summed E-state index contributed by atoms with van der Waals surface area (Å²) in [5, 5.41) is 7.22. The third-order valence-electron chi connectivity index (χ3n) is 10.9. The molecule has 0 spiro atoms. The molecule has 2 heterocycles. The Hall–Kier alpha value is -6.94. The average Bonchev–Trinajstić information content (AvgIpc) is 3.83. The first-order valence-corrected chi connectivity index (χ1v) is 19.5. The molecule has 0 fully saturated rings. The number of anilines is 3. The average molecular weight is 720 g/mol. The molecule has 0 N–H and O–H groups in total. The molecule has 11 rings (SSSR count). The fraction of sp³-hybridized carbons (Fsp3) is 0. The Morgan fingerprint density at radius 3 is 1.76 bits per heavy atom. The Morgan fingerprint density at radius 2 is 0.945 bits per heavy atom. The fourth-order valence-electron chi connectivity index (χ4n) is 8.35. The van der Waals surface area contributed by atoms with Gasteiger partial charge in [-0.05, 0) is 75.7 Å². The van der Waals surface area contributed by atoms with Crippen LogP contribution in [0.3, 0.4) is 0 Å². The van der Waals surface area contributed by atoms with Crippen molar-refractivity contribution in [3.63, 3.8) is 0 Å². The molecular weight excluding hydrogens is 687 g/mol. The first-order valence-electron chi connectivity index (χ1n) is 18.7. The van der Waals surface area contributed by atoms with Crippen LogP contribution in [0.1, 0.15) is 0 Å². The van der Waals surface area contributed by atoms with Gasteiger partial charge in [0.1, 0.15) is 11.2 Å². The van der Waals surface area contributed by atoms with Crippen LogP contribution < -0.4 is 4.90 Å². The minimum Gasteiger partial charge on any atom is -0.456 e. The van der Waals surface area contributed by atoms with Crippen LogP contribution in [0.25, 0.3) is 86.3 Å². The molecule has 0 amide bonds. The molecule has 3 heteroatoms. The molecule has 55 heavy (non-hydrogen) atoms. The Bertz CT molecular complexity index is 3210. The van der Waals surface area contributed by atoms with Crippen molar-refractivity contribution in [2.45, 2.75) is 0 Å². The van der Waals surface area contributed by atoms with Gasteiger partial charge in [0, 0.05) is 59.3 Å². The van der Waals surface area contributed by atoms with Crippen molar-refractivity contribution in [3.8, 4) is 33.4 Å². The lowest BCUT2D eigenvalue weighted by Gasteiger charge is -2.28. The second kappa shape index (κ2) is 12.9. The van der Waals surface area contributed by atoms with Crippen LogP contribution in [0.2, 0.25) is 0 Å². The van der Waals surface area contributed by atoms with E-state index >= 15 is 0 Å². The van der Waals surface area contributed by atoms with Gasteiger partial charge in [-0.25, -0.2) is 0 Å². The summed E-state index contributed by atoms with van der Waals surface area (Å²) in [6.45, 7) is 0. The largest absolute Gasteiger partial charge is 0.456 e. The van der Waals surface area contributed by atoms with Gasteiger partial charge in [0.15, 0.2) is 0 Å². The van der Waals surface area contributed by atoms with Gasteiger partial charge in [-0.3, -0.25) is 0 Å². The Morgan fingerprint density at radius 1 is 0.345 bits per heavy atom. The SMILES string of the molecule is c1ccc(-c2cc(N(c3ccc4c(c3)oc3ccccc34)c3ccc(-c4ccccc4)c4ccccc34)ccc2-c2cccc3c2sc2ccccc23)cc1. The van der Waals surface area contributed by atoms with Crippen LogP contribution in [-0.4, -0.2) is 0 Å². The van der Waals surface area contributed by atoms with Crippen molar-refractivity contribution in [2.75, 3.05) is 4.90 Å². The molecule has 2 nitrogen and oxygen atoms in total. The van der Waals surface area contributed by atoms with Crippen LogP contribution in [-0.2, 0) is 0 Å². The molecular formula is C52H33NOS. The second-order valence-corrected chi connectivity index (χ2v) is 15.1. The number of nitrogens with zero attached hydrogens (tertiary/aromatic N) is 1. The minimum absolute atomic E-state index is 0.866. The summed E-state index contributed by atoms with van der Waals surface area (Å²) in [5.41, 5.74) is 12.2. The predicted molar refractivity (Wildman–Crippen MR) is 235 cm³/mol. The number of furan rings is 1. The molecule has 0 atom stereocenters. The molecule has 0 radical (unpaired) electrons. The lowest BCUT2D eigenvalue weighted by Crippen LogP contribution is -2.11. The number of benzene rings is 9. The standard InChI is InChI=1S/C52H33NOS/c1-3-14-34(15-4-1)38-30-31-48(41-19-8-7-18-39(38)41)53(37-27-29-43-42-20-9-11-24-49(42)54-50(43)33-37)36-26-28-40(47(32-36)35-16-5-2-6-17-35)45-22-13-23-46-44-21-10-12-25-51(44)55-52(45)46/h1-33H. The summed E-state index contributed by atoms with van der Waals surface area (Å²) in [7, 11) is 0. The van der Waals surface area contributed by atoms with Crippen molar-refractivity contribution in [2.24, 2.45) is 0 Å². The first-order chi connectivity index (χ1) is 27.3. The van der Waals surface area contributed by atoms with Crippen LogP contribution in [0, 0.1) is 0 Å². The van der Waals surface area contributed by atoms with E-state index in [0.717, 1.165) is 39.0 Å². The number of fused-ring (bicyclic) bond motifs is 7. The number of rotatable bonds is 6. The van der Waals surface area contributed by atoms with Crippen LogP contribution >= 0.6 is 11.3 Å². The van der Waals surface area contributed by atoms with Gasteiger partial charge >= 0.3 is 0 Å². The third kappa shape index (κ3) is 5.24. The number of para-hydroxylation sites is 1. The molecule has 0 unspecified atom stereocenters. The lowest BCUT2D eigenvalue weighted by atomic mass is 9.92. The van der Waals surface area contributed by atoms with Crippen molar-refractivity contribution in [3.05, 3.63) is 200 Å². The molecule has 0 saturated carbocycles. The summed E-state index contributed by atoms with van der Waals surface area (Å²) < 4.78 is 9.10. The Kier molecular flexibility index (Phi) is 7.39. The number of thiophene rings is 1. The third-order valence-corrected chi connectivity index (χ3v) is 12.1. The molecule has 0 bridgehead atoms. The van der Waals surface area contributed by atoms with Gasteiger partial charge in [0.05, 0.1) is 5.69 Å². The maximum absolute atomic E-state index is 6.49. The summed E-state index contributed by atoms with van der Waals surface area (Å²) in [5.74, 6) is 0. The maximum atomic E-state index is 6.49. The molecule has 258 valence electrons. The Labute approximate surface area is 322 Å². The van der Waals surface area contributed by atoms with Gasteiger partial charge in [0.2, 0.25) is 0 Å². The molecule has 0 aliphatic rings. The second-order valence-electron chi connectivity index (χ2n) is 14.0. The lowest BCUT2D eigenvalue weighted by molar-refractivity contribution is 0.669. The van der Waals surface area contributed by atoms with E-state index in [2.05, 4.69) is 193 Å². The van der Waals surface area contributed by atoms with E-state index in [4.69, 9.17) is 4.42 Å². The molecule has 11 aromatic rings. The molecule has 2 aromatic heterocycles. The highest BCUT2D eigenvalue weighted by Crippen LogP contribution is 2.47. The highest BCUT2D eigenvalue weighted by molar-refractivity contribution is 7.26. The van der Waals surface area contributed by atoms with Gasteiger partial charge in [-0.1, -0.05) is 152 Å². The number of hydrogen-bond acceptors (Lipinski definition) is 3. The van der Waals surface area contributed by atoms with E-state index in [9.17, 15) is 0 Å². The van der Waals surface area contributed by atoms with Crippen molar-refractivity contribution in [1.29, 1.82) is 0 Å². The van der Waals surface area contributed by atoms with Gasteiger partial charge in [-0.15, -0.1) is 11.3 Å². The van der Waals surface area contributed by atoms with Crippen molar-refractivity contribution < 1.29 is 4.42 Å². The summed E-state index contributed by atoms with van der Waals surface area (Å²) in [6.07, 6.45) is 0. The van der Waals surface area contributed by atoms with Gasteiger partial charge < -0.3 is 9.32 Å². The summed E-state index contributed by atoms with van der Waals surface area (Å²) >= 11 is 1.87. The molecule has 9 aromatic carbocycles. The van der Waals surface area contributed by atoms with Crippen LogP contribution in [0.5, 0.6) is 0 Å². The smallest absolute Gasteiger partial charge is 0.137 e.